The van der Waals surface area contributed by atoms with E-state index in [2.05, 4.69) is 57.5 Å². The molecular weight excluding hydrogens is 226 g/mol. The second-order valence-corrected chi connectivity index (χ2v) is 5.72. The number of nitrogens with one attached hydrogen (secondary N) is 1. The molecule has 1 aromatic carbocycles. The molecule has 0 fully saturated rings. The molecule has 0 saturated carbocycles. The van der Waals surface area contributed by atoms with Crippen LogP contribution in [-0.4, -0.2) is 18.1 Å². The molecule has 1 nitrogen and oxygen atoms in total. The molecule has 0 amide bonds. The lowest BCUT2D eigenvalue weighted by molar-refractivity contribution is 0.473. The minimum absolute atomic E-state index is 0.437. The molecule has 2 unspecified atom stereocenters. The fourth-order valence-electron chi connectivity index (χ4n) is 2.15. The summed E-state index contributed by atoms with van der Waals surface area (Å²) in [6.45, 7) is 8.88. The van der Waals surface area contributed by atoms with Gasteiger partial charge in [0.2, 0.25) is 0 Å². The van der Waals surface area contributed by atoms with Crippen LogP contribution in [0.2, 0.25) is 0 Å². The summed E-state index contributed by atoms with van der Waals surface area (Å²) in [4.78, 5) is 0. The van der Waals surface area contributed by atoms with Gasteiger partial charge in [-0.1, -0.05) is 30.7 Å². The Labute approximate surface area is 110 Å². The van der Waals surface area contributed by atoms with Gasteiger partial charge in [0, 0.05) is 17.8 Å². The smallest absolute Gasteiger partial charge is 0.0297 e. The van der Waals surface area contributed by atoms with Crippen molar-refractivity contribution in [3.05, 3.63) is 34.9 Å². The van der Waals surface area contributed by atoms with E-state index in [-0.39, 0.29) is 0 Å². The molecule has 0 radical (unpaired) electrons. The Morgan fingerprint density at radius 2 is 2.00 bits per heavy atom. The van der Waals surface area contributed by atoms with Gasteiger partial charge in [-0.15, -0.1) is 0 Å². The van der Waals surface area contributed by atoms with Crippen LogP contribution in [0, 0.1) is 13.8 Å². The monoisotopic (exact) mass is 251 g/mol. The van der Waals surface area contributed by atoms with Gasteiger partial charge >= 0.3 is 0 Å². The van der Waals surface area contributed by atoms with Crippen LogP contribution in [0.1, 0.15) is 43.0 Å². The van der Waals surface area contributed by atoms with Gasteiger partial charge in [-0.2, -0.15) is 11.8 Å². The normalized spacial score (nSPS) is 14.6. The highest BCUT2D eigenvalue weighted by molar-refractivity contribution is 7.98. The van der Waals surface area contributed by atoms with Crippen molar-refractivity contribution < 1.29 is 0 Å². The first-order chi connectivity index (χ1) is 8.08. The summed E-state index contributed by atoms with van der Waals surface area (Å²) in [6, 6.07) is 7.76. The zero-order chi connectivity index (χ0) is 12.8. The molecular formula is C15H25NS. The molecule has 0 saturated heterocycles. The van der Waals surface area contributed by atoms with E-state index in [1.807, 2.05) is 11.8 Å². The van der Waals surface area contributed by atoms with Gasteiger partial charge in [-0.25, -0.2) is 0 Å². The lowest BCUT2D eigenvalue weighted by Crippen LogP contribution is -2.33. The Bertz CT molecular complexity index is 349. The largest absolute Gasteiger partial charge is 0.307 e. The standard InChI is InChI=1S/C15H25NS/c1-6-14(10-17-5)16-13(4)15-9-11(2)7-8-12(15)3/h7-9,13-14,16H,6,10H2,1-5H3. The molecule has 0 aliphatic heterocycles. The van der Waals surface area contributed by atoms with Crippen molar-refractivity contribution in [2.45, 2.75) is 46.2 Å². The summed E-state index contributed by atoms with van der Waals surface area (Å²) in [6.07, 6.45) is 3.36. The Hall–Kier alpha value is -0.470. The molecule has 2 atom stereocenters. The van der Waals surface area contributed by atoms with Crippen molar-refractivity contribution in [2.24, 2.45) is 0 Å². The van der Waals surface area contributed by atoms with Crippen molar-refractivity contribution in [3.63, 3.8) is 0 Å². The van der Waals surface area contributed by atoms with Gasteiger partial charge in [-0.05, 0) is 44.6 Å². The molecule has 1 aromatic rings. The zero-order valence-electron chi connectivity index (χ0n) is 11.7. The van der Waals surface area contributed by atoms with Gasteiger partial charge in [0.25, 0.3) is 0 Å². The molecule has 0 aliphatic rings. The second kappa shape index (κ2) is 7.07. The van der Waals surface area contributed by atoms with Crippen molar-refractivity contribution >= 4 is 11.8 Å². The third-order valence-corrected chi connectivity index (χ3v) is 3.98. The molecule has 0 heterocycles. The first kappa shape index (κ1) is 14.6. The predicted molar refractivity (Wildman–Crippen MR) is 79.9 cm³/mol. The van der Waals surface area contributed by atoms with E-state index in [1.165, 1.54) is 28.9 Å². The van der Waals surface area contributed by atoms with Crippen molar-refractivity contribution in [3.8, 4) is 0 Å². The van der Waals surface area contributed by atoms with Crippen molar-refractivity contribution in [1.82, 2.24) is 5.32 Å². The molecule has 0 bridgehead atoms. The molecule has 2 heteroatoms. The number of thioether (sulfide) groups is 1. The minimum atomic E-state index is 0.437. The SMILES string of the molecule is CCC(CSC)NC(C)c1cc(C)ccc1C. The van der Waals surface area contributed by atoms with Crippen LogP contribution in [0.3, 0.4) is 0 Å². The number of aryl methyl sites for hydroxylation is 2. The summed E-state index contributed by atoms with van der Waals surface area (Å²) in [5, 5.41) is 3.73. The van der Waals surface area contributed by atoms with Gasteiger partial charge in [0.1, 0.15) is 0 Å². The predicted octanol–water partition coefficient (Wildman–Crippen LogP) is 4.10. The van der Waals surface area contributed by atoms with Crippen LogP contribution in [0.25, 0.3) is 0 Å². The summed E-state index contributed by atoms with van der Waals surface area (Å²) >= 11 is 1.92. The van der Waals surface area contributed by atoms with Crippen LogP contribution in [0.15, 0.2) is 18.2 Å². The molecule has 0 aliphatic carbocycles. The maximum absolute atomic E-state index is 3.73. The Balaban J connectivity index is 2.74. The van der Waals surface area contributed by atoms with Crippen LogP contribution in [0.5, 0.6) is 0 Å². The summed E-state index contributed by atoms with van der Waals surface area (Å²) in [5.74, 6) is 1.19. The fraction of sp³-hybridized carbons (Fsp3) is 0.600. The number of benzene rings is 1. The van der Waals surface area contributed by atoms with E-state index in [4.69, 9.17) is 0 Å². The first-order valence-electron chi connectivity index (χ1n) is 6.40. The maximum Gasteiger partial charge on any atom is 0.0297 e. The zero-order valence-corrected chi connectivity index (χ0v) is 12.5. The molecule has 96 valence electrons. The average Bonchev–Trinajstić information content (AvgIpc) is 2.31. The van der Waals surface area contributed by atoms with Gasteiger partial charge in [0.15, 0.2) is 0 Å². The Morgan fingerprint density at radius 3 is 2.59 bits per heavy atom. The highest BCUT2D eigenvalue weighted by Gasteiger charge is 2.13. The molecule has 0 aromatic heterocycles. The van der Waals surface area contributed by atoms with Crippen LogP contribution in [0.4, 0.5) is 0 Å². The van der Waals surface area contributed by atoms with E-state index in [9.17, 15) is 0 Å². The third kappa shape index (κ3) is 4.36. The topological polar surface area (TPSA) is 12.0 Å². The number of hydrogen-bond donors (Lipinski definition) is 1. The lowest BCUT2D eigenvalue weighted by Gasteiger charge is -2.23. The number of hydrogen-bond acceptors (Lipinski definition) is 2. The number of rotatable bonds is 6. The Morgan fingerprint density at radius 1 is 1.29 bits per heavy atom. The second-order valence-electron chi connectivity index (χ2n) is 4.81. The highest BCUT2D eigenvalue weighted by atomic mass is 32.2. The fourth-order valence-corrected chi connectivity index (χ4v) is 2.89. The average molecular weight is 251 g/mol. The molecule has 17 heavy (non-hydrogen) atoms. The van der Waals surface area contributed by atoms with Crippen LogP contribution < -0.4 is 5.32 Å². The highest BCUT2D eigenvalue weighted by Crippen LogP contribution is 2.20. The third-order valence-electron chi connectivity index (χ3n) is 3.25. The summed E-state index contributed by atoms with van der Waals surface area (Å²) in [5.41, 5.74) is 4.16. The molecule has 1 N–H and O–H groups in total. The van der Waals surface area contributed by atoms with E-state index < -0.39 is 0 Å². The van der Waals surface area contributed by atoms with Crippen LogP contribution in [-0.2, 0) is 0 Å². The van der Waals surface area contributed by atoms with E-state index >= 15 is 0 Å². The van der Waals surface area contributed by atoms with Gasteiger partial charge in [0.05, 0.1) is 0 Å². The first-order valence-corrected chi connectivity index (χ1v) is 7.80. The van der Waals surface area contributed by atoms with Gasteiger partial charge < -0.3 is 5.32 Å². The Kier molecular flexibility index (Phi) is 6.07. The lowest BCUT2D eigenvalue weighted by atomic mass is 9.99. The van der Waals surface area contributed by atoms with Crippen LogP contribution >= 0.6 is 11.8 Å². The molecule has 0 spiro atoms. The maximum atomic E-state index is 3.73. The van der Waals surface area contributed by atoms with Gasteiger partial charge in [-0.3, -0.25) is 0 Å². The quantitative estimate of drug-likeness (QED) is 0.817. The van der Waals surface area contributed by atoms with E-state index in [1.54, 1.807) is 0 Å². The van der Waals surface area contributed by atoms with E-state index in [0.29, 0.717) is 12.1 Å². The van der Waals surface area contributed by atoms with Crippen molar-refractivity contribution in [2.75, 3.05) is 12.0 Å². The summed E-state index contributed by atoms with van der Waals surface area (Å²) in [7, 11) is 0. The van der Waals surface area contributed by atoms with Crippen molar-refractivity contribution in [1.29, 1.82) is 0 Å². The molecule has 1 rings (SSSR count). The minimum Gasteiger partial charge on any atom is -0.307 e. The van der Waals surface area contributed by atoms with E-state index in [0.717, 1.165) is 0 Å². The summed E-state index contributed by atoms with van der Waals surface area (Å²) < 4.78 is 0.